The van der Waals surface area contributed by atoms with Crippen molar-refractivity contribution in [1.29, 1.82) is 0 Å². The van der Waals surface area contributed by atoms with Gasteiger partial charge in [0.05, 0.1) is 0 Å². The lowest BCUT2D eigenvalue weighted by Crippen LogP contribution is -2.64. The highest BCUT2D eigenvalue weighted by Gasteiger charge is 2.51. The van der Waals surface area contributed by atoms with E-state index in [9.17, 15) is 0 Å². The molecule has 1 aliphatic rings. The maximum Gasteiger partial charge on any atom is 0.164 e. The van der Waals surface area contributed by atoms with Gasteiger partial charge in [-0.3, -0.25) is 0 Å². The van der Waals surface area contributed by atoms with Crippen LogP contribution in [-0.2, 0) is 6.42 Å². The summed E-state index contributed by atoms with van der Waals surface area (Å²) in [7, 11) is -1.99. The summed E-state index contributed by atoms with van der Waals surface area (Å²) in [5.41, 5.74) is 0. The summed E-state index contributed by atoms with van der Waals surface area (Å²) in [4.78, 5) is 7.92. The predicted octanol–water partition coefficient (Wildman–Crippen LogP) is 10.2. The van der Waals surface area contributed by atoms with E-state index in [4.69, 9.17) is 0 Å². The summed E-state index contributed by atoms with van der Waals surface area (Å²) in [6.45, 7) is 11.7. The standard InChI is InChI=1S/C33H50S3Si/c1-6-9-11-13-14-16-19-27(18-15-12-10-7-2)24-37(31-21-20-28(36-31)17-8-3)29-22-25(4)34-32(29)33-30(37)23-26(5)35-33/h20-23,27H,6-19,24H2,1-5H3. The fourth-order valence-corrected chi connectivity index (χ4v) is 18.2. The number of rotatable bonds is 17. The van der Waals surface area contributed by atoms with Crippen molar-refractivity contribution in [3.63, 3.8) is 0 Å². The van der Waals surface area contributed by atoms with E-state index in [0.29, 0.717) is 0 Å². The topological polar surface area (TPSA) is 0 Å². The molecule has 0 saturated heterocycles. The molecule has 0 amide bonds. The van der Waals surface area contributed by atoms with Crippen LogP contribution in [0.25, 0.3) is 9.75 Å². The quantitative estimate of drug-likeness (QED) is 0.112. The molecule has 37 heavy (non-hydrogen) atoms. The van der Waals surface area contributed by atoms with Crippen molar-refractivity contribution in [1.82, 2.24) is 0 Å². The molecule has 1 atom stereocenters. The molecule has 0 radical (unpaired) electrons. The van der Waals surface area contributed by atoms with Crippen LogP contribution in [0.5, 0.6) is 0 Å². The largest absolute Gasteiger partial charge is 0.164 e. The van der Waals surface area contributed by atoms with Crippen LogP contribution in [0.2, 0.25) is 6.04 Å². The van der Waals surface area contributed by atoms with Crippen LogP contribution in [0.1, 0.15) is 119 Å². The van der Waals surface area contributed by atoms with E-state index in [2.05, 4.69) is 92.9 Å². The Hall–Kier alpha value is -0.683. The van der Waals surface area contributed by atoms with Crippen molar-refractivity contribution < 1.29 is 0 Å². The molecule has 3 aromatic rings. The Morgan fingerprint density at radius 3 is 1.76 bits per heavy atom. The van der Waals surface area contributed by atoms with Crippen LogP contribution in [0.15, 0.2) is 24.3 Å². The molecule has 0 aromatic carbocycles. The molecular formula is C33H50S3Si. The van der Waals surface area contributed by atoms with Gasteiger partial charge in [-0.2, -0.15) is 0 Å². The molecule has 1 unspecified atom stereocenters. The molecule has 204 valence electrons. The zero-order valence-electron chi connectivity index (χ0n) is 24.2. The molecule has 4 heterocycles. The second-order valence-corrected chi connectivity index (χ2v) is 19.5. The highest BCUT2D eigenvalue weighted by atomic mass is 32.1. The first-order valence-corrected chi connectivity index (χ1v) is 20.0. The van der Waals surface area contributed by atoms with Crippen molar-refractivity contribution in [2.45, 2.75) is 131 Å². The van der Waals surface area contributed by atoms with E-state index < -0.39 is 8.07 Å². The van der Waals surface area contributed by atoms with E-state index >= 15 is 0 Å². The first-order valence-electron chi connectivity index (χ1n) is 15.3. The van der Waals surface area contributed by atoms with Gasteiger partial charge in [0.2, 0.25) is 0 Å². The summed E-state index contributed by atoms with van der Waals surface area (Å²) in [5, 5.41) is 3.56. The SMILES string of the molecule is CCCCCCCCC(CCCCCC)C[Si]1(c2ccc(CCC)s2)c2cc(C)sc2-c2sc(C)cc21. The van der Waals surface area contributed by atoms with Crippen molar-refractivity contribution in [2.75, 3.05) is 0 Å². The zero-order chi connectivity index (χ0) is 26.3. The average molecular weight is 571 g/mol. The van der Waals surface area contributed by atoms with Gasteiger partial charge in [-0.15, -0.1) is 34.0 Å². The second-order valence-electron chi connectivity index (χ2n) is 11.6. The third-order valence-electron chi connectivity index (χ3n) is 8.44. The van der Waals surface area contributed by atoms with Gasteiger partial charge < -0.3 is 0 Å². The van der Waals surface area contributed by atoms with Gasteiger partial charge in [-0.05, 0) is 60.8 Å². The number of hydrogen-bond donors (Lipinski definition) is 0. The third kappa shape index (κ3) is 6.73. The number of fused-ring (bicyclic) bond motifs is 3. The van der Waals surface area contributed by atoms with Crippen molar-refractivity contribution in [3.05, 3.63) is 38.9 Å². The van der Waals surface area contributed by atoms with E-state index in [1.54, 1.807) is 29.5 Å². The number of thiophene rings is 3. The van der Waals surface area contributed by atoms with Gasteiger partial charge in [-0.25, -0.2) is 0 Å². The van der Waals surface area contributed by atoms with Gasteiger partial charge in [0.25, 0.3) is 0 Å². The van der Waals surface area contributed by atoms with Gasteiger partial charge in [-0.1, -0.05) is 110 Å². The molecule has 0 saturated carbocycles. The maximum absolute atomic E-state index is 2.63. The lowest BCUT2D eigenvalue weighted by atomic mass is 9.96. The Balaban J connectivity index is 1.68. The fraction of sp³-hybridized carbons (Fsp3) is 0.636. The minimum Gasteiger partial charge on any atom is -0.149 e. The minimum atomic E-state index is -1.99. The monoisotopic (exact) mass is 570 g/mol. The highest BCUT2D eigenvalue weighted by Crippen LogP contribution is 2.43. The first-order chi connectivity index (χ1) is 18.0. The first kappa shape index (κ1) is 29.3. The summed E-state index contributed by atoms with van der Waals surface area (Å²) in [5.74, 6) is 0.866. The Morgan fingerprint density at radius 1 is 0.649 bits per heavy atom. The minimum absolute atomic E-state index is 0.866. The zero-order valence-corrected chi connectivity index (χ0v) is 27.7. The van der Waals surface area contributed by atoms with E-state index in [1.807, 2.05) is 0 Å². The van der Waals surface area contributed by atoms with Gasteiger partial charge in [0, 0.05) is 28.9 Å². The predicted molar refractivity (Wildman–Crippen MR) is 175 cm³/mol. The smallest absolute Gasteiger partial charge is 0.149 e. The second kappa shape index (κ2) is 14.1. The summed E-state index contributed by atoms with van der Waals surface area (Å²) in [6.07, 6.45) is 19.4. The Bertz CT molecular complexity index is 1050. The van der Waals surface area contributed by atoms with E-state index in [1.165, 1.54) is 106 Å². The van der Waals surface area contributed by atoms with E-state index in [0.717, 1.165) is 5.92 Å². The summed E-state index contributed by atoms with van der Waals surface area (Å²) in [6, 6.07) is 11.8. The number of aryl methyl sites for hydroxylation is 3. The summed E-state index contributed by atoms with van der Waals surface area (Å²) < 4.78 is 1.76. The highest BCUT2D eigenvalue weighted by molar-refractivity contribution is 7.38. The lowest BCUT2D eigenvalue weighted by Gasteiger charge is -2.32. The van der Waals surface area contributed by atoms with Crippen molar-refractivity contribution in [3.8, 4) is 9.75 Å². The molecular weight excluding hydrogens is 521 g/mol. The maximum atomic E-state index is 2.63. The van der Waals surface area contributed by atoms with Crippen LogP contribution in [0.4, 0.5) is 0 Å². The Kier molecular flexibility index (Phi) is 11.2. The molecule has 4 rings (SSSR count). The van der Waals surface area contributed by atoms with Crippen molar-refractivity contribution >= 4 is 57.0 Å². The Morgan fingerprint density at radius 2 is 1.19 bits per heavy atom. The third-order valence-corrected chi connectivity index (χ3v) is 18.2. The summed E-state index contributed by atoms with van der Waals surface area (Å²) >= 11 is 6.34. The number of hydrogen-bond acceptors (Lipinski definition) is 3. The van der Waals surface area contributed by atoms with Crippen LogP contribution < -0.4 is 14.9 Å². The van der Waals surface area contributed by atoms with E-state index in [-0.39, 0.29) is 0 Å². The van der Waals surface area contributed by atoms with Crippen LogP contribution >= 0.6 is 34.0 Å². The van der Waals surface area contributed by atoms with Crippen LogP contribution in [0.3, 0.4) is 0 Å². The molecule has 0 N–H and O–H groups in total. The van der Waals surface area contributed by atoms with Gasteiger partial charge in [0.1, 0.15) is 0 Å². The fourth-order valence-electron chi connectivity index (χ4n) is 6.57. The molecule has 0 bridgehead atoms. The molecule has 0 aliphatic carbocycles. The van der Waals surface area contributed by atoms with Gasteiger partial charge in [0.15, 0.2) is 8.07 Å². The Labute approximate surface area is 241 Å². The van der Waals surface area contributed by atoms with Crippen molar-refractivity contribution in [2.24, 2.45) is 5.92 Å². The normalized spacial score (nSPS) is 14.7. The molecule has 4 heteroatoms. The lowest BCUT2D eigenvalue weighted by molar-refractivity contribution is 0.431. The van der Waals surface area contributed by atoms with Gasteiger partial charge >= 0.3 is 0 Å². The average Bonchev–Trinajstić information content (AvgIpc) is 3.64. The molecule has 0 nitrogen and oxygen atoms in total. The van der Waals surface area contributed by atoms with Crippen LogP contribution in [-0.4, -0.2) is 8.07 Å². The van der Waals surface area contributed by atoms with Crippen LogP contribution in [0, 0.1) is 19.8 Å². The molecule has 0 fully saturated rings. The molecule has 0 spiro atoms. The molecule has 3 aromatic heterocycles. The number of unbranched alkanes of at least 4 members (excludes halogenated alkanes) is 8. The molecule has 1 aliphatic heterocycles.